The van der Waals surface area contributed by atoms with E-state index >= 15 is 0 Å². The Morgan fingerprint density at radius 2 is 1.94 bits per heavy atom. The van der Waals surface area contributed by atoms with E-state index in [-0.39, 0.29) is 40.4 Å². The van der Waals surface area contributed by atoms with Crippen LogP contribution in [0.3, 0.4) is 0 Å². The van der Waals surface area contributed by atoms with E-state index in [1.165, 1.54) is 16.9 Å². The molecule has 4 aromatic rings. The number of aromatic hydroxyl groups is 1. The van der Waals surface area contributed by atoms with Crippen LogP contribution in [0.5, 0.6) is 5.75 Å². The summed E-state index contributed by atoms with van der Waals surface area (Å²) in [7, 11) is -4.75. The number of pyridine rings is 2. The van der Waals surface area contributed by atoms with Crippen molar-refractivity contribution in [2.45, 2.75) is 20.1 Å². The molecule has 172 valence electrons. The number of rotatable bonds is 7. The Hall–Kier alpha value is -3.70. The molecule has 0 spiro atoms. The van der Waals surface area contributed by atoms with E-state index in [1.54, 1.807) is 13.1 Å². The molecule has 33 heavy (non-hydrogen) atoms. The highest BCUT2D eigenvalue weighted by molar-refractivity contribution is 7.46. The number of hydrogen-bond acceptors (Lipinski definition) is 8. The van der Waals surface area contributed by atoms with Gasteiger partial charge in [0.25, 0.3) is 0 Å². The van der Waals surface area contributed by atoms with Crippen molar-refractivity contribution in [2.24, 2.45) is 0 Å². The summed E-state index contributed by atoms with van der Waals surface area (Å²) in [4.78, 5) is 34.5. The SMILES string of the molecule is Cc1ncc(COP(=O)(O)O)c(CNc2cc3cn(-c4ccccc4)nc3n(O)c2=O)c1O. The molecule has 0 unspecified atom stereocenters. The van der Waals surface area contributed by atoms with Gasteiger partial charge in [-0.05, 0) is 25.1 Å². The van der Waals surface area contributed by atoms with Gasteiger partial charge in [0, 0.05) is 35.5 Å². The van der Waals surface area contributed by atoms with Crippen molar-refractivity contribution < 1.29 is 29.2 Å². The molecule has 0 aliphatic heterocycles. The molecule has 4 rings (SSSR count). The van der Waals surface area contributed by atoms with Gasteiger partial charge in [0.15, 0.2) is 0 Å². The van der Waals surface area contributed by atoms with Gasteiger partial charge >= 0.3 is 13.4 Å². The minimum Gasteiger partial charge on any atom is -0.506 e. The van der Waals surface area contributed by atoms with Crippen LogP contribution in [0.25, 0.3) is 16.7 Å². The Kier molecular flexibility index (Phi) is 5.91. The predicted octanol–water partition coefficient (Wildman–Crippen LogP) is 2.05. The molecule has 3 heterocycles. The molecule has 0 saturated carbocycles. The fraction of sp³-hybridized carbons (Fsp3) is 0.150. The first-order valence-electron chi connectivity index (χ1n) is 9.64. The lowest BCUT2D eigenvalue weighted by molar-refractivity contribution is 0.186. The molecule has 12 nitrogen and oxygen atoms in total. The zero-order valence-electron chi connectivity index (χ0n) is 17.3. The van der Waals surface area contributed by atoms with Crippen LogP contribution in [0.4, 0.5) is 5.69 Å². The number of hydrogen-bond donors (Lipinski definition) is 5. The molecule has 3 aromatic heterocycles. The number of anilines is 1. The highest BCUT2D eigenvalue weighted by Gasteiger charge is 2.19. The van der Waals surface area contributed by atoms with Gasteiger partial charge in [0.1, 0.15) is 11.4 Å². The molecule has 1 aromatic carbocycles. The van der Waals surface area contributed by atoms with Gasteiger partial charge in [0.05, 0.1) is 18.0 Å². The van der Waals surface area contributed by atoms with Crippen LogP contribution in [-0.2, 0) is 22.2 Å². The fourth-order valence-electron chi connectivity index (χ4n) is 3.25. The zero-order chi connectivity index (χ0) is 23.8. The summed E-state index contributed by atoms with van der Waals surface area (Å²) in [6, 6.07) is 10.7. The van der Waals surface area contributed by atoms with Crippen LogP contribution >= 0.6 is 7.82 Å². The monoisotopic (exact) mass is 473 g/mol. The van der Waals surface area contributed by atoms with Crippen molar-refractivity contribution in [1.82, 2.24) is 19.5 Å². The molecule has 13 heteroatoms. The van der Waals surface area contributed by atoms with Gasteiger partial charge in [-0.2, -0.15) is 0 Å². The van der Waals surface area contributed by atoms with Gasteiger partial charge in [0.2, 0.25) is 5.65 Å². The predicted molar refractivity (Wildman–Crippen MR) is 117 cm³/mol. The van der Waals surface area contributed by atoms with Crippen LogP contribution in [0.15, 0.2) is 53.6 Å². The largest absolute Gasteiger partial charge is 0.506 e. The van der Waals surface area contributed by atoms with Crippen molar-refractivity contribution in [3.05, 3.63) is 76.0 Å². The number of aryl methyl sites for hydroxylation is 1. The lowest BCUT2D eigenvalue weighted by Crippen LogP contribution is -2.22. The highest BCUT2D eigenvalue weighted by Crippen LogP contribution is 2.38. The van der Waals surface area contributed by atoms with Crippen molar-refractivity contribution in [1.29, 1.82) is 0 Å². The fourth-order valence-corrected chi connectivity index (χ4v) is 3.56. The maximum Gasteiger partial charge on any atom is 0.469 e. The molecular weight excluding hydrogens is 453 g/mol. The second-order valence-corrected chi connectivity index (χ2v) is 8.42. The van der Waals surface area contributed by atoms with Crippen molar-refractivity contribution in [2.75, 3.05) is 5.32 Å². The Labute approximate surface area is 186 Å². The molecule has 0 saturated heterocycles. The van der Waals surface area contributed by atoms with Gasteiger partial charge in [-0.25, -0.2) is 9.25 Å². The number of fused-ring (bicyclic) bond motifs is 1. The summed E-state index contributed by atoms with van der Waals surface area (Å²) in [5.41, 5.74) is 0.796. The number of para-hydroxylation sites is 1. The second-order valence-electron chi connectivity index (χ2n) is 7.18. The van der Waals surface area contributed by atoms with Gasteiger partial charge < -0.3 is 25.4 Å². The van der Waals surface area contributed by atoms with E-state index in [0.717, 1.165) is 5.69 Å². The zero-order valence-corrected chi connectivity index (χ0v) is 18.2. The third-order valence-electron chi connectivity index (χ3n) is 4.94. The first-order chi connectivity index (χ1) is 15.6. The van der Waals surface area contributed by atoms with Gasteiger partial charge in [-0.1, -0.05) is 18.2 Å². The van der Waals surface area contributed by atoms with Crippen LogP contribution in [-0.4, -0.2) is 39.6 Å². The summed E-state index contributed by atoms with van der Waals surface area (Å²) in [5.74, 6) is -0.211. The first-order valence-corrected chi connectivity index (χ1v) is 11.2. The molecule has 0 radical (unpaired) electrons. The Morgan fingerprint density at radius 1 is 1.21 bits per heavy atom. The third-order valence-corrected chi connectivity index (χ3v) is 5.41. The van der Waals surface area contributed by atoms with E-state index in [0.29, 0.717) is 10.1 Å². The average Bonchev–Trinajstić information content (AvgIpc) is 3.21. The number of benzene rings is 1. The van der Waals surface area contributed by atoms with E-state index in [2.05, 4.69) is 19.9 Å². The number of phosphoric ester groups is 1. The summed E-state index contributed by atoms with van der Waals surface area (Å²) >= 11 is 0. The topological polar surface area (TPSA) is 172 Å². The summed E-state index contributed by atoms with van der Waals surface area (Å²) in [5, 5.41) is 28.3. The standard InChI is InChI=1S/C20H20N5O7P/c1-12-18(26)16(14(8-21-12)11-32-33(29,30)31)9-22-17-7-13-10-24(15-5-3-2-4-6-15)23-19(13)25(28)20(17)27/h2-8,10,22,26,28H,9,11H2,1H3,(H2,29,30,31). The molecule has 0 aliphatic carbocycles. The normalized spacial score (nSPS) is 11.7. The maximum atomic E-state index is 12.6. The van der Waals surface area contributed by atoms with Crippen LogP contribution in [0.2, 0.25) is 0 Å². The van der Waals surface area contributed by atoms with Crippen molar-refractivity contribution >= 4 is 24.5 Å². The number of nitrogens with zero attached hydrogens (tertiary/aromatic N) is 4. The van der Waals surface area contributed by atoms with Crippen molar-refractivity contribution in [3.63, 3.8) is 0 Å². The maximum absolute atomic E-state index is 12.6. The minimum absolute atomic E-state index is 0.0216. The van der Waals surface area contributed by atoms with Gasteiger partial charge in [-0.15, -0.1) is 9.83 Å². The smallest absolute Gasteiger partial charge is 0.469 e. The van der Waals surface area contributed by atoms with Crippen molar-refractivity contribution in [3.8, 4) is 11.4 Å². The second kappa shape index (κ2) is 8.68. The summed E-state index contributed by atoms with van der Waals surface area (Å²) in [6.45, 7) is 0.940. The lowest BCUT2D eigenvalue weighted by Gasteiger charge is -2.15. The third kappa shape index (κ3) is 4.73. The summed E-state index contributed by atoms with van der Waals surface area (Å²) < 4.78 is 17.5. The quantitative estimate of drug-likeness (QED) is 0.198. The van der Waals surface area contributed by atoms with Crippen LogP contribution < -0.4 is 10.9 Å². The highest BCUT2D eigenvalue weighted by atomic mass is 31.2. The summed E-state index contributed by atoms with van der Waals surface area (Å²) in [6.07, 6.45) is 2.97. The average molecular weight is 473 g/mol. The Bertz CT molecular complexity index is 1430. The van der Waals surface area contributed by atoms with Crippen LogP contribution in [0, 0.1) is 6.92 Å². The molecule has 0 bridgehead atoms. The van der Waals surface area contributed by atoms with Crippen LogP contribution in [0.1, 0.15) is 16.8 Å². The molecular formula is C20H20N5O7P. The van der Waals surface area contributed by atoms with E-state index in [1.807, 2.05) is 30.3 Å². The molecule has 0 amide bonds. The van der Waals surface area contributed by atoms with Gasteiger partial charge in [-0.3, -0.25) is 14.3 Å². The number of nitrogens with one attached hydrogen (secondary N) is 1. The first kappa shape index (κ1) is 22.5. The Balaban J connectivity index is 1.66. The molecule has 0 fully saturated rings. The van der Waals surface area contributed by atoms with E-state index in [4.69, 9.17) is 9.79 Å². The molecule has 5 N–H and O–H groups in total. The lowest BCUT2D eigenvalue weighted by atomic mass is 10.1. The van der Waals surface area contributed by atoms with E-state index in [9.17, 15) is 19.7 Å². The number of aromatic nitrogens is 4. The molecule has 0 atom stereocenters. The molecule has 0 aliphatic rings. The minimum atomic E-state index is -4.75. The van der Waals surface area contributed by atoms with E-state index < -0.39 is 20.0 Å². The Morgan fingerprint density at radius 3 is 2.64 bits per heavy atom. The number of phosphoric acid groups is 1.